The highest BCUT2D eigenvalue weighted by Crippen LogP contribution is 2.38. The fraction of sp³-hybridized carbons (Fsp3) is 0.269. The van der Waals surface area contributed by atoms with Gasteiger partial charge in [0.15, 0.2) is 11.9 Å². The highest BCUT2D eigenvalue weighted by molar-refractivity contribution is 6.29. The highest BCUT2D eigenvalue weighted by atomic mass is 35.5. The number of unbranched alkanes of at least 4 members (excludes halogenated alkanes) is 1. The summed E-state index contributed by atoms with van der Waals surface area (Å²) in [6.07, 6.45) is 2.57. The molecule has 1 aliphatic rings. The smallest absolute Gasteiger partial charge is 0.328 e. The number of halogens is 1. The quantitative estimate of drug-likeness (QED) is 0.241. The van der Waals surface area contributed by atoms with Gasteiger partial charge in [-0.15, -0.1) is 0 Å². The fourth-order valence-corrected chi connectivity index (χ4v) is 3.78. The van der Waals surface area contributed by atoms with Gasteiger partial charge in [-0.1, -0.05) is 29.8 Å². The van der Waals surface area contributed by atoms with Crippen molar-refractivity contribution in [2.24, 2.45) is 0 Å². The molecule has 2 N–H and O–H groups in total. The van der Waals surface area contributed by atoms with Crippen molar-refractivity contribution < 1.29 is 29.3 Å². The maximum Gasteiger partial charge on any atom is 0.328 e. The molecule has 0 aliphatic carbocycles. The SMILES string of the molecule is CN(C)CCCCOC1c2ccccc2C(=O)N1c1ccc2ccc(Cl)nc2n1.O=C(O)C=CC(=O)O. The van der Waals surface area contributed by atoms with E-state index in [0.717, 1.165) is 30.3 Å². The van der Waals surface area contributed by atoms with Crippen molar-refractivity contribution in [1.82, 2.24) is 14.9 Å². The Balaban J connectivity index is 0.000000414. The third kappa shape index (κ3) is 7.56. The molecule has 4 rings (SSSR count). The van der Waals surface area contributed by atoms with Crippen molar-refractivity contribution in [1.29, 1.82) is 0 Å². The Labute approximate surface area is 218 Å². The minimum Gasteiger partial charge on any atom is -0.478 e. The van der Waals surface area contributed by atoms with Crippen LogP contribution < -0.4 is 4.90 Å². The Morgan fingerprint density at radius 1 is 1.03 bits per heavy atom. The summed E-state index contributed by atoms with van der Waals surface area (Å²) in [6.45, 7) is 1.57. The van der Waals surface area contributed by atoms with Crippen molar-refractivity contribution in [3.63, 3.8) is 0 Å². The maximum atomic E-state index is 13.1. The third-order valence-electron chi connectivity index (χ3n) is 5.30. The first kappa shape index (κ1) is 27.7. The summed E-state index contributed by atoms with van der Waals surface area (Å²) in [7, 11) is 4.11. The number of pyridine rings is 2. The number of benzene rings is 1. The number of fused-ring (bicyclic) bond motifs is 2. The summed E-state index contributed by atoms with van der Waals surface area (Å²) in [4.78, 5) is 44.9. The maximum absolute atomic E-state index is 13.1. The van der Waals surface area contributed by atoms with Crippen molar-refractivity contribution in [3.05, 3.63) is 77.0 Å². The minimum absolute atomic E-state index is 0.118. The summed E-state index contributed by atoms with van der Waals surface area (Å²) in [5, 5.41) is 16.9. The first-order valence-electron chi connectivity index (χ1n) is 11.4. The standard InChI is InChI=1S/C22H23ClN4O2.C4H4O4/c1-26(2)13-5-6-14-29-22-17-8-4-3-7-16(17)21(28)27(22)19-12-10-15-9-11-18(23)24-20(15)25-19;5-3(6)1-2-4(7)8/h3-4,7-12,22H,5-6,13-14H2,1-2H3;1-2H,(H,5,6)(H,7,8). The van der Waals surface area contributed by atoms with Gasteiger partial charge in [0.1, 0.15) is 11.0 Å². The number of hydrogen-bond donors (Lipinski definition) is 2. The number of rotatable bonds is 9. The van der Waals surface area contributed by atoms with Crippen LogP contribution in [0.4, 0.5) is 5.82 Å². The van der Waals surface area contributed by atoms with E-state index in [-0.39, 0.29) is 5.91 Å². The average Bonchev–Trinajstić information content (AvgIpc) is 3.14. The topological polar surface area (TPSA) is 133 Å². The Bertz CT molecular complexity index is 1300. The number of amides is 1. The molecule has 0 saturated heterocycles. The van der Waals surface area contributed by atoms with Crippen molar-refractivity contribution >= 4 is 46.3 Å². The lowest BCUT2D eigenvalue weighted by molar-refractivity contribution is -0.134. The molecule has 10 nitrogen and oxygen atoms in total. The molecule has 3 aromatic rings. The molecule has 1 atom stereocenters. The average molecular weight is 527 g/mol. The third-order valence-corrected chi connectivity index (χ3v) is 5.52. The zero-order valence-electron chi connectivity index (χ0n) is 20.4. The molecule has 0 spiro atoms. The van der Waals surface area contributed by atoms with Crippen LogP contribution in [-0.2, 0) is 14.3 Å². The number of hydrogen-bond acceptors (Lipinski definition) is 7. The van der Waals surface area contributed by atoms with Crippen molar-refractivity contribution in [3.8, 4) is 0 Å². The molecular weight excluding hydrogens is 500 g/mol. The lowest BCUT2D eigenvalue weighted by Gasteiger charge is -2.25. The lowest BCUT2D eigenvalue weighted by atomic mass is 10.1. The van der Waals surface area contributed by atoms with Crippen LogP contribution in [0.1, 0.15) is 35.0 Å². The molecule has 1 aromatic carbocycles. The molecule has 0 radical (unpaired) electrons. The number of carbonyl (C=O) groups excluding carboxylic acids is 1. The van der Waals surface area contributed by atoms with Gasteiger partial charge in [-0.3, -0.25) is 9.69 Å². The van der Waals surface area contributed by atoms with Crippen LogP contribution in [0.5, 0.6) is 0 Å². The van der Waals surface area contributed by atoms with Gasteiger partial charge in [-0.2, -0.15) is 0 Å². The summed E-state index contributed by atoms with van der Waals surface area (Å²) >= 11 is 6.02. The lowest BCUT2D eigenvalue weighted by Crippen LogP contribution is -2.30. The molecule has 37 heavy (non-hydrogen) atoms. The first-order chi connectivity index (χ1) is 17.7. The molecule has 194 valence electrons. The molecule has 11 heteroatoms. The van der Waals surface area contributed by atoms with Gasteiger partial charge in [0.25, 0.3) is 5.91 Å². The normalized spacial score (nSPS) is 14.6. The molecular formula is C26H27ClN4O6. The zero-order chi connectivity index (χ0) is 26.9. The second-order valence-electron chi connectivity index (χ2n) is 8.36. The second kappa shape index (κ2) is 12.9. The summed E-state index contributed by atoms with van der Waals surface area (Å²) in [5.74, 6) is -2.13. The molecule has 0 saturated carbocycles. The number of ether oxygens (including phenoxy) is 1. The number of aromatic nitrogens is 2. The Kier molecular flexibility index (Phi) is 9.67. The van der Waals surface area contributed by atoms with E-state index in [9.17, 15) is 14.4 Å². The van der Waals surface area contributed by atoms with Gasteiger partial charge in [-0.05, 0) is 63.8 Å². The Hall–Kier alpha value is -3.86. The van der Waals surface area contributed by atoms with Crippen molar-refractivity contribution in [2.45, 2.75) is 19.1 Å². The number of anilines is 1. The number of carboxylic acids is 2. The molecule has 0 bridgehead atoms. The predicted octanol–water partition coefficient (Wildman–Crippen LogP) is 4.01. The molecule has 2 aromatic heterocycles. The van der Waals surface area contributed by atoms with Gasteiger partial charge < -0.3 is 19.8 Å². The largest absolute Gasteiger partial charge is 0.478 e. The van der Waals surface area contributed by atoms with Crippen molar-refractivity contribution in [2.75, 3.05) is 32.1 Å². The molecule has 3 heterocycles. The van der Waals surface area contributed by atoms with Gasteiger partial charge in [0.05, 0.1) is 0 Å². The van der Waals surface area contributed by atoms with Crippen LogP contribution in [0.25, 0.3) is 11.0 Å². The highest BCUT2D eigenvalue weighted by Gasteiger charge is 2.39. The van der Waals surface area contributed by atoms with E-state index >= 15 is 0 Å². The summed E-state index contributed by atoms with van der Waals surface area (Å²) in [5.41, 5.74) is 2.02. The Morgan fingerprint density at radius 3 is 2.38 bits per heavy atom. The second-order valence-corrected chi connectivity index (χ2v) is 8.74. The van der Waals surface area contributed by atoms with Crippen LogP contribution in [0.15, 0.2) is 60.7 Å². The van der Waals surface area contributed by atoms with E-state index < -0.39 is 18.2 Å². The number of carboxylic acid groups (broad SMARTS) is 2. The van der Waals surface area contributed by atoms with E-state index in [1.165, 1.54) is 0 Å². The zero-order valence-corrected chi connectivity index (χ0v) is 21.1. The van der Waals surface area contributed by atoms with Crippen LogP contribution >= 0.6 is 11.6 Å². The van der Waals surface area contributed by atoms with E-state index in [2.05, 4.69) is 29.0 Å². The van der Waals surface area contributed by atoms with E-state index in [4.69, 9.17) is 26.6 Å². The molecule has 0 fully saturated rings. The van der Waals surface area contributed by atoms with Gasteiger partial charge in [-0.25, -0.2) is 19.6 Å². The molecule has 1 amide bonds. The van der Waals surface area contributed by atoms with E-state index in [1.54, 1.807) is 11.0 Å². The monoisotopic (exact) mass is 526 g/mol. The molecule has 1 aliphatic heterocycles. The predicted molar refractivity (Wildman–Crippen MR) is 139 cm³/mol. The fourth-order valence-electron chi connectivity index (χ4n) is 3.64. The summed E-state index contributed by atoms with van der Waals surface area (Å²) in [6, 6.07) is 14.9. The van der Waals surface area contributed by atoms with Gasteiger partial charge >= 0.3 is 11.9 Å². The number of aliphatic carboxylic acids is 2. The van der Waals surface area contributed by atoms with Crippen LogP contribution in [0.3, 0.4) is 0 Å². The van der Waals surface area contributed by atoms with Crippen LogP contribution in [-0.4, -0.2) is 70.2 Å². The Morgan fingerprint density at radius 2 is 1.70 bits per heavy atom. The van der Waals surface area contributed by atoms with E-state index in [0.29, 0.717) is 40.9 Å². The van der Waals surface area contributed by atoms with Crippen LogP contribution in [0, 0.1) is 0 Å². The van der Waals surface area contributed by atoms with E-state index in [1.807, 2.05) is 42.5 Å². The minimum atomic E-state index is -1.26. The van der Waals surface area contributed by atoms with Crippen LogP contribution in [0.2, 0.25) is 5.15 Å². The number of carbonyl (C=O) groups is 3. The van der Waals surface area contributed by atoms with Gasteiger partial charge in [0, 0.05) is 35.3 Å². The molecule has 1 unspecified atom stereocenters. The number of nitrogens with zero attached hydrogens (tertiary/aromatic N) is 4. The van der Waals surface area contributed by atoms with Gasteiger partial charge in [0.2, 0.25) is 0 Å². The first-order valence-corrected chi connectivity index (χ1v) is 11.8. The summed E-state index contributed by atoms with van der Waals surface area (Å²) < 4.78 is 6.18.